The number of hydrogen-bond donors (Lipinski definition) is 1. The van der Waals surface area contributed by atoms with E-state index in [1.54, 1.807) is 0 Å². The first kappa shape index (κ1) is 11.4. The molecule has 1 fully saturated rings. The van der Waals surface area contributed by atoms with E-state index in [1.165, 1.54) is 51.6 Å². The molecule has 0 atom stereocenters. The van der Waals surface area contributed by atoms with Crippen molar-refractivity contribution in [1.82, 2.24) is 4.90 Å². The molecule has 0 amide bonds. The summed E-state index contributed by atoms with van der Waals surface area (Å²) in [7, 11) is 0. The highest BCUT2D eigenvalue weighted by atomic mass is 32.1. The summed E-state index contributed by atoms with van der Waals surface area (Å²) in [4.78, 5) is 2.68. The van der Waals surface area contributed by atoms with E-state index in [2.05, 4.69) is 24.5 Å². The van der Waals surface area contributed by atoms with Crippen molar-refractivity contribution in [1.29, 1.82) is 0 Å². The largest absolute Gasteiger partial charge is 0.300 e. The predicted molar refractivity (Wildman–Crippen MR) is 62.6 cm³/mol. The number of unbranched alkanes of at least 4 members (excludes halogenated alkanes) is 2. The Balaban J connectivity index is 2.00. The van der Waals surface area contributed by atoms with Crippen LogP contribution in [0.3, 0.4) is 0 Å². The van der Waals surface area contributed by atoms with Crippen molar-refractivity contribution in [3.05, 3.63) is 0 Å². The maximum absolute atomic E-state index is 4.23. The molecule has 0 aliphatic heterocycles. The van der Waals surface area contributed by atoms with Crippen LogP contribution in [0, 0.1) is 0 Å². The average molecular weight is 201 g/mol. The van der Waals surface area contributed by atoms with Crippen LogP contribution in [0.5, 0.6) is 0 Å². The Bertz CT molecular complexity index is 123. The third kappa shape index (κ3) is 4.92. The van der Waals surface area contributed by atoms with Gasteiger partial charge in [0.05, 0.1) is 0 Å². The van der Waals surface area contributed by atoms with E-state index in [-0.39, 0.29) is 0 Å². The van der Waals surface area contributed by atoms with Crippen LogP contribution in [-0.4, -0.2) is 29.8 Å². The van der Waals surface area contributed by atoms with Crippen molar-refractivity contribution < 1.29 is 0 Å². The van der Waals surface area contributed by atoms with Gasteiger partial charge in [-0.1, -0.05) is 13.3 Å². The molecule has 0 N–H and O–H groups in total. The quantitative estimate of drug-likeness (QED) is 0.467. The summed E-state index contributed by atoms with van der Waals surface area (Å²) in [5.74, 6) is 1.05. The van der Waals surface area contributed by atoms with Crippen LogP contribution in [0.25, 0.3) is 0 Å². The average Bonchev–Trinajstić information content (AvgIpc) is 2.93. The minimum Gasteiger partial charge on any atom is -0.300 e. The summed E-state index contributed by atoms with van der Waals surface area (Å²) in [5.41, 5.74) is 0. The minimum absolute atomic E-state index is 0.955. The first-order chi connectivity index (χ1) is 6.38. The fourth-order valence-electron chi connectivity index (χ4n) is 1.81. The Morgan fingerprint density at radius 3 is 2.46 bits per heavy atom. The van der Waals surface area contributed by atoms with Crippen molar-refractivity contribution in [3.8, 4) is 0 Å². The van der Waals surface area contributed by atoms with Gasteiger partial charge >= 0.3 is 0 Å². The van der Waals surface area contributed by atoms with E-state index in [0.717, 1.165) is 11.8 Å². The Hall–Kier alpha value is 0.310. The van der Waals surface area contributed by atoms with Gasteiger partial charge in [0.15, 0.2) is 0 Å². The highest BCUT2D eigenvalue weighted by molar-refractivity contribution is 7.80. The number of nitrogens with zero attached hydrogens (tertiary/aromatic N) is 1. The standard InChI is InChI=1S/C11H23NS/c1-2-8-12(11-6-7-11)9-4-3-5-10-13/h11,13H,2-10H2,1H3. The molecular formula is C11H23NS. The Kier molecular flexibility index (Phi) is 5.88. The number of rotatable bonds is 8. The van der Waals surface area contributed by atoms with Gasteiger partial charge < -0.3 is 4.90 Å². The Morgan fingerprint density at radius 2 is 1.92 bits per heavy atom. The molecule has 0 saturated heterocycles. The second-order valence-electron chi connectivity index (χ2n) is 4.05. The monoisotopic (exact) mass is 201 g/mol. The van der Waals surface area contributed by atoms with E-state index in [1.807, 2.05) is 0 Å². The van der Waals surface area contributed by atoms with Crippen LogP contribution in [-0.2, 0) is 0 Å². The molecule has 1 aliphatic rings. The van der Waals surface area contributed by atoms with E-state index in [9.17, 15) is 0 Å². The molecule has 1 aliphatic carbocycles. The van der Waals surface area contributed by atoms with Crippen LogP contribution >= 0.6 is 12.6 Å². The fourth-order valence-corrected chi connectivity index (χ4v) is 2.03. The van der Waals surface area contributed by atoms with Gasteiger partial charge in [-0.3, -0.25) is 0 Å². The van der Waals surface area contributed by atoms with Gasteiger partial charge in [0, 0.05) is 6.04 Å². The van der Waals surface area contributed by atoms with E-state index >= 15 is 0 Å². The molecule has 2 heteroatoms. The molecule has 1 nitrogen and oxygen atoms in total. The van der Waals surface area contributed by atoms with Crippen LogP contribution in [0.1, 0.15) is 45.4 Å². The van der Waals surface area contributed by atoms with Gasteiger partial charge in [-0.25, -0.2) is 0 Å². The summed E-state index contributed by atoms with van der Waals surface area (Å²) in [6.45, 7) is 4.92. The second kappa shape index (κ2) is 6.72. The topological polar surface area (TPSA) is 3.24 Å². The van der Waals surface area contributed by atoms with Gasteiger partial charge in [-0.05, 0) is 50.9 Å². The summed E-state index contributed by atoms with van der Waals surface area (Å²) in [5, 5.41) is 0. The molecular weight excluding hydrogens is 178 g/mol. The van der Waals surface area contributed by atoms with E-state index < -0.39 is 0 Å². The lowest BCUT2D eigenvalue weighted by atomic mass is 10.2. The molecule has 0 aromatic carbocycles. The van der Waals surface area contributed by atoms with Crippen LogP contribution in [0.4, 0.5) is 0 Å². The van der Waals surface area contributed by atoms with Crippen molar-refractivity contribution >= 4 is 12.6 Å². The lowest BCUT2D eigenvalue weighted by Crippen LogP contribution is -2.27. The van der Waals surface area contributed by atoms with E-state index in [4.69, 9.17) is 0 Å². The lowest BCUT2D eigenvalue weighted by molar-refractivity contribution is 0.258. The zero-order chi connectivity index (χ0) is 9.52. The Morgan fingerprint density at radius 1 is 1.15 bits per heavy atom. The first-order valence-electron chi connectivity index (χ1n) is 5.73. The predicted octanol–water partition coefficient (Wildman–Crippen LogP) is 2.96. The van der Waals surface area contributed by atoms with Gasteiger partial charge in [-0.2, -0.15) is 12.6 Å². The van der Waals surface area contributed by atoms with Crippen molar-refractivity contribution in [3.63, 3.8) is 0 Å². The van der Waals surface area contributed by atoms with Crippen molar-refractivity contribution in [2.45, 2.75) is 51.5 Å². The number of hydrogen-bond acceptors (Lipinski definition) is 2. The molecule has 0 spiro atoms. The van der Waals surface area contributed by atoms with Gasteiger partial charge in [-0.15, -0.1) is 0 Å². The van der Waals surface area contributed by atoms with Crippen LogP contribution in [0.2, 0.25) is 0 Å². The lowest BCUT2D eigenvalue weighted by Gasteiger charge is -2.20. The molecule has 1 rings (SSSR count). The van der Waals surface area contributed by atoms with Gasteiger partial charge in [0.25, 0.3) is 0 Å². The smallest absolute Gasteiger partial charge is 0.00964 e. The molecule has 0 aromatic heterocycles. The highest BCUT2D eigenvalue weighted by Gasteiger charge is 2.27. The molecule has 0 bridgehead atoms. The third-order valence-corrected chi connectivity index (χ3v) is 2.99. The van der Waals surface area contributed by atoms with Crippen molar-refractivity contribution in [2.24, 2.45) is 0 Å². The summed E-state index contributed by atoms with van der Waals surface area (Å²) >= 11 is 4.23. The number of thiol groups is 1. The summed E-state index contributed by atoms with van der Waals surface area (Å²) < 4.78 is 0. The molecule has 0 unspecified atom stereocenters. The first-order valence-corrected chi connectivity index (χ1v) is 6.36. The SMILES string of the molecule is CCCN(CCCCCS)C1CC1. The molecule has 78 valence electrons. The van der Waals surface area contributed by atoms with Crippen LogP contribution < -0.4 is 0 Å². The van der Waals surface area contributed by atoms with Gasteiger partial charge in [0.1, 0.15) is 0 Å². The van der Waals surface area contributed by atoms with Gasteiger partial charge in [0.2, 0.25) is 0 Å². The molecule has 0 radical (unpaired) electrons. The summed E-state index contributed by atoms with van der Waals surface area (Å²) in [6, 6.07) is 0.955. The third-order valence-electron chi connectivity index (χ3n) is 2.68. The minimum atomic E-state index is 0.955. The molecule has 1 saturated carbocycles. The summed E-state index contributed by atoms with van der Waals surface area (Å²) in [6.07, 6.45) is 8.23. The van der Waals surface area contributed by atoms with E-state index in [0.29, 0.717) is 0 Å². The zero-order valence-electron chi connectivity index (χ0n) is 8.84. The molecule has 0 aromatic rings. The maximum Gasteiger partial charge on any atom is 0.00964 e. The molecule has 0 heterocycles. The van der Waals surface area contributed by atoms with Crippen molar-refractivity contribution in [2.75, 3.05) is 18.8 Å². The Labute approximate surface area is 88.3 Å². The normalized spacial score (nSPS) is 16.8. The maximum atomic E-state index is 4.23. The second-order valence-corrected chi connectivity index (χ2v) is 4.50. The zero-order valence-corrected chi connectivity index (χ0v) is 9.73. The fraction of sp³-hybridized carbons (Fsp3) is 1.00. The molecule has 13 heavy (non-hydrogen) atoms. The van der Waals surface area contributed by atoms with Crippen LogP contribution in [0.15, 0.2) is 0 Å². The highest BCUT2D eigenvalue weighted by Crippen LogP contribution is 2.27.